The predicted octanol–water partition coefficient (Wildman–Crippen LogP) is 4.98. The van der Waals surface area contributed by atoms with Gasteiger partial charge in [-0.3, -0.25) is 9.36 Å². The highest BCUT2D eigenvalue weighted by atomic mass is 32.2. The summed E-state index contributed by atoms with van der Waals surface area (Å²) < 4.78 is 7.21. The van der Waals surface area contributed by atoms with E-state index in [0.29, 0.717) is 17.5 Å². The number of anilines is 1. The third-order valence-electron chi connectivity index (χ3n) is 5.14. The number of methoxy groups -OCH3 is 1. The standard InChI is InChI=1S/C26H23N5O2S/c1-33-23-15-13-20(14-16-23)25-28-29-26(31(25)22-11-6-3-7-12-22)34-19-24(32)30(18-8-17-27)21-9-4-2-5-10-21/h2-7,9-16H,8,18-19H2,1H3. The number of nitrogens with zero attached hydrogens (tertiary/aromatic N) is 5. The molecule has 0 aliphatic rings. The number of ether oxygens (including phenoxy) is 1. The molecule has 8 heteroatoms. The molecule has 0 radical (unpaired) electrons. The first-order chi connectivity index (χ1) is 16.7. The molecule has 0 aliphatic carbocycles. The van der Waals surface area contributed by atoms with Crippen molar-refractivity contribution < 1.29 is 9.53 Å². The molecule has 0 unspecified atom stereocenters. The van der Waals surface area contributed by atoms with Crippen LogP contribution < -0.4 is 9.64 Å². The van der Waals surface area contributed by atoms with Crippen LogP contribution in [0.1, 0.15) is 6.42 Å². The third-order valence-corrected chi connectivity index (χ3v) is 6.05. The third kappa shape index (κ3) is 5.27. The Labute approximate surface area is 202 Å². The highest BCUT2D eigenvalue weighted by Gasteiger charge is 2.20. The molecular formula is C26H23N5O2S. The van der Waals surface area contributed by atoms with E-state index in [-0.39, 0.29) is 18.1 Å². The van der Waals surface area contributed by atoms with E-state index in [0.717, 1.165) is 22.7 Å². The maximum absolute atomic E-state index is 13.1. The zero-order valence-electron chi connectivity index (χ0n) is 18.7. The zero-order valence-corrected chi connectivity index (χ0v) is 19.5. The van der Waals surface area contributed by atoms with Crippen LogP contribution in [0.3, 0.4) is 0 Å². The summed E-state index contributed by atoms with van der Waals surface area (Å²) in [6, 6.07) is 28.9. The van der Waals surface area contributed by atoms with Crippen LogP contribution in [0.25, 0.3) is 17.1 Å². The Morgan fingerprint density at radius 3 is 2.32 bits per heavy atom. The fraction of sp³-hybridized carbons (Fsp3) is 0.154. The van der Waals surface area contributed by atoms with Gasteiger partial charge in [0.15, 0.2) is 11.0 Å². The van der Waals surface area contributed by atoms with Gasteiger partial charge in [0.05, 0.1) is 25.4 Å². The minimum absolute atomic E-state index is 0.0972. The number of amides is 1. The summed E-state index contributed by atoms with van der Waals surface area (Å²) in [6.07, 6.45) is 0.257. The lowest BCUT2D eigenvalue weighted by atomic mass is 10.2. The zero-order chi connectivity index (χ0) is 23.8. The summed E-state index contributed by atoms with van der Waals surface area (Å²) in [4.78, 5) is 14.8. The van der Waals surface area contributed by atoms with E-state index in [1.807, 2.05) is 89.5 Å². The van der Waals surface area contributed by atoms with Crippen molar-refractivity contribution in [3.8, 4) is 28.9 Å². The quantitative estimate of drug-likeness (QED) is 0.322. The first kappa shape index (κ1) is 23.1. The van der Waals surface area contributed by atoms with Gasteiger partial charge in [-0.15, -0.1) is 10.2 Å². The van der Waals surface area contributed by atoms with Gasteiger partial charge in [0.2, 0.25) is 5.91 Å². The molecule has 0 atom stereocenters. The molecule has 0 saturated heterocycles. The van der Waals surface area contributed by atoms with Crippen LogP contribution in [-0.4, -0.2) is 40.1 Å². The summed E-state index contributed by atoms with van der Waals surface area (Å²) in [7, 11) is 1.63. The topological polar surface area (TPSA) is 84.0 Å². The normalized spacial score (nSPS) is 10.5. The van der Waals surface area contributed by atoms with E-state index >= 15 is 0 Å². The molecule has 3 aromatic carbocycles. The number of rotatable bonds is 9. The molecule has 1 amide bonds. The van der Waals surface area contributed by atoms with Crippen LogP contribution in [0.15, 0.2) is 90.1 Å². The van der Waals surface area contributed by atoms with Gasteiger partial charge in [-0.05, 0) is 48.5 Å². The number of aromatic nitrogens is 3. The number of nitriles is 1. The Balaban J connectivity index is 1.62. The highest BCUT2D eigenvalue weighted by Crippen LogP contribution is 2.29. The van der Waals surface area contributed by atoms with Crippen LogP contribution >= 0.6 is 11.8 Å². The van der Waals surface area contributed by atoms with Crippen LogP contribution in [-0.2, 0) is 4.79 Å². The van der Waals surface area contributed by atoms with E-state index in [1.54, 1.807) is 12.0 Å². The Bertz CT molecular complexity index is 1270. The van der Waals surface area contributed by atoms with Gasteiger partial charge in [0.25, 0.3) is 0 Å². The molecule has 4 aromatic rings. The van der Waals surface area contributed by atoms with Gasteiger partial charge in [0.1, 0.15) is 5.75 Å². The first-order valence-corrected chi connectivity index (χ1v) is 11.7. The SMILES string of the molecule is COc1ccc(-c2nnc(SCC(=O)N(CCC#N)c3ccccc3)n2-c2ccccc2)cc1. The molecule has 0 N–H and O–H groups in total. The summed E-state index contributed by atoms with van der Waals surface area (Å²) in [5.74, 6) is 1.50. The second kappa shape index (κ2) is 11.2. The summed E-state index contributed by atoms with van der Waals surface area (Å²) in [5.41, 5.74) is 2.56. The molecule has 7 nitrogen and oxygen atoms in total. The number of benzene rings is 3. The minimum Gasteiger partial charge on any atom is -0.497 e. The van der Waals surface area contributed by atoms with E-state index in [2.05, 4.69) is 16.3 Å². The maximum atomic E-state index is 13.1. The van der Waals surface area contributed by atoms with Crippen molar-refractivity contribution in [1.82, 2.24) is 14.8 Å². The average molecular weight is 470 g/mol. The van der Waals surface area contributed by atoms with Gasteiger partial charge in [-0.2, -0.15) is 5.26 Å². The van der Waals surface area contributed by atoms with Crippen LogP contribution in [0, 0.1) is 11.3 Å². The highest BCUT2D eigenvalue weighted by molar-refractivity contribution is 7.99. The smallest absolute Gasteiger partial charge is 0.237 e. The molecule has 1 heterocycles. The maximum Gasteiger partial charge on any atom is 0.237 e. The van der Waals surface area contributed by atoms with Crippen LogP contribution in [0.2, 0.25) is 0 Å². The molecule has 0 spiro atoms. The van der Waals surface area contributed by atoms with E-state index < -0.39 is 0 Å². The van der Waals surface area contributed by atoms with Crippen molar-refractivity contribution in [1.29, 1.82) is 5.26 Å². The van der Waals surface area contributed by atoms with Crippen molar-refractivity contribution in [3.05, 3.63) is 84.9 Å². The summed E-state index contributed by atoms with van der Waals surface area (Å²) in [5, 5.41) is 18.5. The fourth-order valence-electron chi connectivity index (χ4n) is 3.47. The van der Waals surface area contributed by atoms with Gasteiger partial charge in [0, 0.05) is 23.5 Å². The van der Waals surface area contributed by atoms with Crippen LogP contribution in [0.5, 0.6) is 5.75 Å². The molecule has 170 valence electrons. The number of carbonyl (C=O) groups excluding carboxylic acids is 1. The Kier molecular flexibility index (Phi) is 7.58. The number of hydrogen-bond acceptors (Lipinski definition) is 6. The van der Waals surface area contributed by atoms with E-state index in [4.69, 9.17) is 10.00 Å². The molecule has 1 aromatic heterocycles. The first-order valence-electron chi connectivity index (χ1n) is 10.7. The Hall–Kier alpha value is -4.09. The minimum atomic E-state index is -0.0972. The van der Waals surface area contributed by atoms with Gasteiger partial charge in [-0.1, -0.05) is 48.2 Å². The molecule has 0 fully saturated rings. The van der Waals surface area contributed by atoms with Gasteiger partial charge in [-0.25, -0.2) is 0 Å². The summed E-state index contributed by atoms with van der Waals surface area (Å²) >= 11 is 1.32. The molecule has 0 saturated carbocycles. The molecular weight excluding hydrogens is 446 g/mol. The number of para-hydroxylation sites is 2. The number of carbonyl (C=O) groups is 1. The van der Waals surface area contributed by atoms with E-state index in [1.165, 1.54) is 11.8 Å². The lowest BCUT2D eigenvalue weighted by Crippen LogP contribution is -2.33. The molecule has 0 aliphatic heterocycles. The molecule has 34 heavy (non-hydrogen) atoms. The van der Waals surface area contributed by atoms with Gasteiger partial charge >= 0.3 is 0 Å². The lowest BCUT2D eigenvalue weighted by molar-refractivity contribution is -0.116. The second-order valence-corrected chi connectivity index (χ2v) is 8.23. The number of hydrogen-bond donors (Lipinski definition) is 0. The molecule has 0 bridgehead atoms. The fourth-order valence-corrected chi connectivity index (χ4v) is 4.30. The predicted molar refractivity (Wildman–Crippen MR) is 133 cm³/mol. The van der Waals surface area contributed by atoms with Crippen molar-refractivity contribution in [3.63, 3.8) is 0 Å². The van der Waals surface area contributed by atoms with Crippen molar-refractivity contribution in [2.24, 2.45) is 0 Å². The van der Waals surface area contributed by atoms with Crippen molar-refractivity contribution in [2.75, 3.05) is 24.3 Å². The largest absolute Gasteiger partial charge is 0.497 e. The van der Waals surface area contributed by atoms with Crippen LogP contribution in [0.4, 0.5) is 5.69 Å². The van der Waals surface area contributed by atoms with Crippen molar-refractivity contribution in [2.45, 2.75) is 11.6 Å². The lowest BCUT2D eigenvalue weighted by Gasteiger charge is -2.21. The second-order valence-electron chi connectivity index (χ2n) is 7.28. The average Bonchev–Trinajstić information content (AvgIpc) is 3.33. The Morgan fingerprint density at radius 1 is 1.00 bits per heavy atom. The summed E-state index contributed by atoms with van der Waals surface area (Å²) in [6.45, 7) is 0.336. The van der Waals surface area contributed by atoms with E-state index in [9.17, 15) is 4.79 Å². The molecule has 4 rings (SSSR count). The Morgan fingerprint density at radius 2 is 1.68 bits per heavy atom. The van der Waals surface area contributed by atoms with Gasteiger partial charge < -0.3 is 9.64 Å². The number of thioether (sulfide) groups is 1. The monoisotopic (exact) mass is 469 g/mol. The van der Waals surface area contributed by atoms with Crippen molar-refractivity contribution >= 4 is 23.4 Å².